The van der Waals surface area contributed by atoms with Crippen molar-refractivity contribution in [2.24, 2.45) is 0 Å². The second-order valence-corrected chi connectivity index (χ2v) is 21.9. The summed E-state index contributed by atoms with van der Waals surface area (Å²) in [5.41, 5.74) is 14.6. The molecule has 0 atom stereocenters. The van der Waals surface area contributed by atoms with Crippen molar-refractivity contribution in [3.63, 3.8) is 0 Å². The maximum atomic E-state index is 9.84. The van der Waals surface area contributed by atoms with Crippen LogP contribution in [0.15, 0.2) is 140 Å². The molecule has 0 N–H and O–H groups in total. The van der Waals surface area contributed by atoms with Gasteiger partial charge in [-0.2, -0.15) is 5.26 Å². The average Bonchev–Trinajstić information content (AvgIpc) is 3.81. The third-order valence-corrected chi connectivity index (χ3v) is 12.9. The van der Waals surface area contributed by atoms with Crippen LogP contribution in [0.4, 0.5) is 22.7 Å². The molecule has 0 saturated carbocycles. The minimum Gasteiger partial charge on any atom is -0.457 e. The smallest absolute Gasteiger partial charge is 0.137 e. The molecule has 6 aromatic carbocycles. The Morgan fingerprint density at radius 1 is 0.523 bits per heavy atom. The lowest BCUT2D eigenvalue weighted by molar-refractivity contribution is 0.483. The lowest BCUT2D eigenvalue weighted by atomic mass is 9.80. The Labute approximate surface area is 385 Å². The van der Waals surface area contributed by atoms with Gasteiger partial charge >= 0.3 is 0 Å². The Morgan fingerprint density at radius 3 is 1.88 bits per heavy atom. The summed E-state index contributed by atoms with van der Waals surface area (Å²) in [5.74, 6) is 2.28. The van der Waals surface area contributed by atoms with Gasteiger partial charge in [0.2, 0.25) is 0 Å². The van der Waals surface area contributed by atoms with Gasteiger partial charge in [0.05, 0.1) is 34.0 Å². The molecule has 0 saturated heterocycles. The second kappa shape index (κ2) is 15.7. The molecule has 6 heteroatoms. The van der Waals surface area contributed by atoms with Gasteiger partial charge in [-0.15, -0.1) is 0 Å². The summed E-state index contributed by atoms with van der Waals surface area (Å²) in [5, 5.41) is 11.9. The van der Waals surface area contributed by atoms with Gasteiger partial charge in [-0.05, 0) is 122 Å². The van der Waals surface area contributed by atoms with Crippen LogP contribution in [0.25, 0.3) is 38.8 Å². The summed E-state index contributed by atoms with van der Waals surface area (Å²) in [6.07, 6.45) is 1.89. The molecule has 3 heterocycles. The summed E-state index contributed by atoms with van der Waals surface area (Å²) in [4.78, 5) is 9.81. The highest BCUT2D eigenvalue weighted by Gasteiger charge is 2.33. The monoisotopic (exact) mass is 855 g/mol. The summed E-state index contributed by atoms with van der Waals surface area (Å²) in [7, 11) is 0. The molecule has 9 rings (SSSR count). The van der Waals surface area contributed by atoms with E-state index in [9.17, 15) is 5.26 Å². The van der Waals surface area contributed by atoms with Gasteiger partial charge in [-0.25, -0.2) is 4.98 Å². The highest BCUT2D eigenvalue weighted by Crippen LogP contribution is 2.51. The molecule has 2 aromatic heterocycles. The Hall–Kier alpha value is -6.84. The second-order valence-electron chi connectivity index (χ2n) is 21.9. The molecule has 1 aliphatic rings. The number of nitrogens with zero attached hydrogens (tertiary/aromatic N) is 5. The lowest BCUT2D eigenvalue weighted by Gasteiger charge is -2.30. The number of hydrogen-bond donors (Lipinski definition) is 0. The van der Waals surface area contributed by atoms with Gasteiger partial charge in [-0.3, -0.25) is 4.57 Å². The summed E-state index contributed by atoms with van der Waals surface area (Å²) >= 11 is 0. The molecule has 6 nitrogen and oxygen atoms in total. The van der Waals surface area contributed by atoms with E-state index in [-0.39, 0.29) is 21.7 Å². The van der Waals surface area contributed by atoms with Crippen molar-refractivity contribution in [1.29, 1.82) is 5.26 Å². The summed E-state index contributed by atoms with van der Waals surface area (Å²) in [6, 6.07) is 50.1. The van der Waals surface area contributed by atoms with Crippen LogP contribution in [0.1, 0.15) is 111 Å². The van der Waals surface area contributed by atoms with Crippen LogP contribution < -0.4 is 14.5 Å². The number of fused-ring (bicyclic) bond motifs is 4. The van der Waals surface area contributed by atoms with Crippen LogP contribution in [0.2, 0.25) is 0 Å². The molecule has 0 radical (unpaired) electrons. The highest BCUT2D eigenvalue weighted by atomic mass is 16.5. The molecule has 65 heavy (non-hydrogen) atoms. The fraction of sp³-hybridized carbons (Fsp3) is 0.288. The standard InChI is InChI=1S/C59H61N5O/c1-56(2,3)40-17-13-16-39(29-40)48-20-15-21-52-55(48)63(45-31-42(58(7,8)9)30-43(32-45)59(10,11)12)37-62(52)44-18-14-19-46(34-44)65-47-23-24-49-50-28-38(36-60)22-25-51(50)64(53(49)35-47)54-33-41(26-27-61-54)57(4,5)6/h13-35H,37H2,1-12H3. The first-order valence-corrected chi connectivity index (χ1v) is 22.9. The minimum absolute atomic E-state index is 0.0129. The van der Waals surface area contributed by atoms with E-state index >= 15 is 0 Å². The van der Waals surface area contributed by atoms with Crippen molar-refractivity contribution < 1.29 is 4.74 Å². The summed E-state index contributed by atoms with van der Waals surface area (Å²) in [6.45, 7) is 28.0. The Balaban J connectivity index is 1.15. The van der Waals surface area contributed by atoms with Gasteiger partial charge in [-0.1, -0.05) is 132 Å². The molecule has 0 amide bonds. The number of hydrogen-bond acceptors (Lipinski definition) is 5. The van der Waals surface area contributed by atoms with Crippen molar-refractivity contribution in [2.75, 3.05) is 16.5 Å². The van der Waals surface area contributed by atoms with E-state index in [0.717, 1.165) is 44.7 Å². The molecule has 0 bridgehead atoms. The van der Waals surface area contributed by atoms with E-state index in [1.54, 1.807) is 0 Å². The molecular formula is C59H61N5O. The fourth-order valence-electron chi connectivity index (χ4n) is 9.01. The zero-order chi connectivity index (χ0) is 46.2. The van der Waals surface area contributed by atoms with Crippen molar-refractivity contribution >= 4 is 44.6 Å². The first-order valence-electron chi connectivity index (χ1n) is 22.9. The van der Waals surface area contributed by atoms with Gasteiger partial charge in [0.25, 0.3) is 0 Å². The van der Waals surface area contributed by atoms with E-state index in [1.807, 2.05) is 36.5 Å². The number of pyridine rings is 1. The van der Waals surface area contributed by atoms with Crippen LogP contribution in [0.5, 0.6) is 11.5 Å². The molecule has 0 spiro atoms. The minimum atomic E-state index is -0.0542. The maximum absolute atomic E-state index is 9.84. The predicted molar refractivity (Wildman–Crippen MR) is 272 cm³/mol. The topological polar surface area (TPSA) is 57.3 Å². The Morgan fingerprint density at radius 2 is 1.18 bits per heavy atom. The lowest BCUT2D eigenvalue weighted by Crippen LogP contribution is -2.25. The van der Waals surface area contributed by atoms with Gasteiger partial charge in [0.1, 0.15) is 24.0 Å². The van der Waals surface area contributed by atoms with Crippen LogP contribution in [0, 0.1) is 11.3 Å². The summed E-state index contributed by atoms with van der Waals surface area (Å²) < 4.78 is 9.00. The van der Waals surface area contributed by atoms with Gasteiger partial charge in [0.15, 0.2) is 0 Å². The first kappa shape index (κ1) is 43.4. The third-order valence-electron chi connectivity index (χ3n) is 12.9. The number of anilines is 4. The van der Waals surface area contributed by atoms with E-state index in [0.29, 0.717) is 18.0 Å². The van der Waals surface area contributed by atoms with Crippen molar-refractivity contribution in [1.82, 2.24) is 9.55 Å². The number of aromatic nitrogens is 2. The molecule has 1 aliphatic heterocycles. The van der Waals surface area contributed by atoms with E-state index in [1.165, 1.54) is 44.8 Å². The van der Waals surface area contributed by atoms with Gasteiger partial charge in [0, 0.05) is 46.0 Å². The normalized spacial score (nSPS) is 13.4. The van der Waals surface area contributed by atoms with Crippen molar-refractivity contribution in [2.45, 2.75) is 105 Å². The molecular weight excluding hydrogens is 795 g/mol. The fourth-order valence-corrected chi connectivity index (χ4v) is 9.01. The first-order chi connectivity index (χ1) is 30.7. The largest absolute Gasteiger partial charge is 0.457 e. The number of benzene rings is 6. The van der Waals surface area contributed by atoms with Crippen LogP contribution in [-0.2, 0) is 21.7 Å². The van der Waals surface area contributed by atoms with Crippen molar-refractivity contribution in [3.8, 4) is 34.5 Å². The van der Waals surface area contributed by atoms with Crippen molar-refractivity contribution in [3.05, 3.63) is 167 Å². The predicted octanol–water partition coefficient (Wildman–Crippen LogP) is 15.9. The molecule has 0 aliphatic carbocycles. The molecule has 8 aromatic rings. The van der Waals surface area contributed by atoms with Crippen LogP contribution >= 0.6 is 0 Å². The van der Waals surface area contributed by atoms with Crippen LogP contribution in [-0.4, -0.2) is 16.2 Å². The number of rotatable bonds is 6. The molecule has 0 fully saturated rings. The average molecular weight is 856 g/mol. The quantitative estimate of drug-likeness (QED) is 0.167. The maximum Gasteiger partial charge on any atom is 0.137 e. The number of ether oxygens (including phenoxy) is 1. The SMILES string of the molecule is CC(C)(C)c1cccc(-c2cccc3c2N(c2cc(C(C)(C)C)cc(C(C)(C)C)c2)CN3c2cccc(Oc3ccc4c5cc(C#N)ccc5n(-c5cc(C(C)(C)C)ccn5)c4c3)c2)c1. The Bertz CT molecular complexity index is 3140. The van der Waals surface area contributed by atoms with Gasteiger partial charge < -0.3 is 14.5 Å². The third kappa shape index (κ3) is 8.25. The zero-order valence-corrected chi connectivity index (χ0v) is 40.1. The van der Waals surface area contributed by atoms with Crippen LogP contribution in [0.3, 0.4) is 0 Å². The van der Waals surface area contributed by atoms with E-state index < -0.39 is 0 Å². The molecule has 0 unspecified atom stereocenters. The number of nitriles is 1. The van der Waals surface area contributed by atoms with E-state index in [4.69, 9.17) is 9.72 Å². The Kier molecular flexibility index (Phi) is 10.5. The van der Waals surface area contributed by atoms with E-state index in [2.05, 4.69) is 207 Å². The molecule has 328 valence electrons. The zero-order valence-electron chi connectivity index (χ0n) is 40.1. The highest BCUT2D eigenvalue weighted by molar-refractivity contribution is 6.10. The number of para-hydroxylation sites is 1.